The van der Waals surface area contributed by atoms with Crippen molar-refractivity contribution in [1.82, 2.24) is 20.2 Å². The van der Waals surface area contributed by atoms with Crippen LogP contribution in [0, 0.1) is 6.92 Å². The number of anilines is 2. The Morgan fingerprint density at radius 2 is 2.09 bits per heavy atom. The summed E-state index contributed by atoms with van der Waals surface area (Å²) in [4.78, 5) is 13.5. The van der Waals surface area contributed by atoms with E-state index in [1.165, 1.54) is 0 Å². The van der Waals surface area contributed by atoms with Crippen LogP contribution in [0.5, 0.6) is 11.5 Å². The lowest BCUT2D eigenvalue weighted by Gasteiger charge is -2.28. The van der Waals surface area contributed by atoms with Crippen molar-refractivity contribution < 1.29 is 14.3 Å². The van der Waals surface area contributed by atoms with Gasteiger partial charge in [-0.3, -0.25) is 4.79 Å². The highest BCUT2D eigenvalue weighted by molar-refractivity contribution is 9.10. The SMILES string of the molecule is CCCOc1c(Br)cc(C2C(C(=O)Nc3cccc(C)c3)=C(C)Nc3nnnn32)cc1OC. The molecule has 2 heterocycles. The number of carbonyl (C=O) groups excluding carboxylic acids is 1. The first kappa shape index (κ1) is 22.8. The van der Waals surface area contributed by atoms with Crippen LogP contribution in [0.3, 0.4) is 0 Å². The first-order chi connectivity index (χ1) is 15.9. The van der Waals surface area contributed by atoms with Crippen LogP contribution in [0.2, 0.25) is 0 Å². The molecule has 10 heteroatoms. The van der Waals surface area contributed by atoms with Crippen molar-refractivity contribution in [2.45, 2.75) is 33.2 Å². The number of aromatic nitrogens is 4. The predicted molar refractivity (Wildman–Crippen MR) is 129 cm³/mol. The maximum absolute atomic E-state index is 13.5. The van der Waals surface area contributed by atoms with Gasteiger partial charge in [-0.05, 0) is 82.0 Å². The van der Waals surface area contributed by atoms with Gasteiger partial charge < -0.3 is 20.1 Å². The zero-order valence-corrected chi connectivity index (χ0v) is 20.4. The summed E-state index contributed by atoms with van der Waals surface area (Å²) >= 11 is 3.60. The van der Waals surface area contributed by atoms with E-state index in [1.807, 2.05) is 57.2 Å². The van der Waals surface area contributed by atoms with Gasteiger partial charge in [0.15, 0.2) is 11.5 Å². The summed E-state index contributed by atoms with van der Waals surface area (Å²) in [5.74, 6) is 1.36. The molecule has 0 radical (unpaired) electrons. The zero-order valence-electron chi connectivity index (χ0n) is 18.8. The molecule has 1 amide bonds. The van der Waals surface area contributed by atoms with E-state index in [0.717, 1.165) is 22.0 Å². The second kappa shape index (κ2) is 9.62. The van der Waals surface area contributed by atoms with Gasteiger partial charge in [0.2, 0.25) is 5.95 Å². The van der Waals surface area contributed by atoms with Crippen molar-refractivity contribution in [3.63, 3.8) is 0 Å². The smallest absolute Gasteiger partial charge is 0.255 e. The highest BCUT2D eigenvalue weighted by atomic mass is 79.9. The van der Waals surface area contributed by atoms with E-state index >= 15 is 0 Å². The molecule has 172 valence electrons. The minimum absolute atomic E-state index is 0.252. The Balaban J connectivity index is 1.79. The van der Waals surface area contributed by atoms with Crippen LogP contribution >= 0.6 is 15.9 Å². The lowest BCUT2D eigenvalue weighted by molar-refractivity contribution is -0.113. The Morgan fingerprint density at radius 3 is 2.82 bits per heavy atom. The number of rotatable bonds is 7. The number of nitrogens with one attached hydrogen (secondary N) is 2. The van der Waals surface area contributed by atoms with Crippen molar-refractivity contribution >= 4 is 33.5 Å². The summed E-state index contributed by atoms with van der Waals surface area (Å²) < 4.78 is 13.8. The minimum Gasteiger partial charge on any atom is -0.493 e. The normalized spacial score (nSPS) is 15.0. The quantitative estimate of drug-likeness (QED) is 0.481. The molecule has 33 heavy (non-hydrogen) atoms. The molecular formula is C23H25BrN6O3. The number of halogens is 1. The third-order valence-corrected chi connectivity index (χ3v) is 5.84. The summed E-state index contributed by atoms with van der Waals surface area (Å²) in [7, 11) is 1.59. The second-order valence-electron chi connectivity index (χ2n) is 7.72. The maximum atomic E-state index is 13.5. The van der Waals surface area contributed by atoms with E-state index in [4.69, 9.17) is 9.47 Å². The number of hydrogen-bond acceptors (Lipinski definition) is 7. The monoisotopic (exact) mass is 512 g/mol. The number of ether oxygens (including phenoxy) is 2. The summed E-state index contributed by atoms with van der Waals surface area (Å²) in [6.45, 7) is 6.41. The standard InChI is InChI=1S/C23H25BrN6O3/c1-5-9-33-21-17(24)11-15(12-18(21)32-4)20-19(14(3)25-23-27-28-29-30(20)23)22(31)26-16-8-6-7-13(2)10-16/h6-8,10-12,20H,5,9H2,1-4H3,(H,26,31)(H,25,27,29). The molecule has 1 aliphatic heterocycles. The van der Waals surface area contributed by atoms with Gasteiger partial charge >= 0.3 is 0 Å². The zero-order chi connectivity index (χ0) is 23.5. The van der Waals surface area contributed by atoms with E-state index in [0.29, 0.717) is 41.0 Å². The van der Waals surface area contributed by atoms with E-state index < -0.39 is 6.04 Å². The third kappa shape index (κ3) is 4.56. The van der Waals surface area contributed by atoms with Gasteiger partial charge in [0, 0.05) is 11.4 Å². The highest BCUT2D eigenvalue weighted by Crippen LogP contribution is 2.42. The number of fused-ring (bicyclic) bond motifs is 1. The van der Waals surface area contributed by atoms with Crippen molar-refractivity contribution in [2.24, 2.45) is 0 Å². The minimum atomic E-state index is -0.577. The van der Waals surface area contributed by atoms with Gasteiger partial charge in [-0.1, -0.05) is 24.2 Å². The molecule has 0 saturated carbocycles. The molecule has 9 nitrogen and oxygen atoms in total. The van der Waals surface area contributed by atoms with Crippen LogP contribution < -0.4 is 20.1 Å². The molecule has 0 spiro atoms. The summed E-state index contributed by atoms with van der Waals surface area (Å²) in [6, 6.07) is 10.8. The molecule has 1 unspecified atom stereocenters. The number of aryl methyl sites for hydroxylation is 1. The first-order valence-electron chi connectivity index (χ1n) is 10.6. The number of methoxy groups -OCH3 is 1. The predicted octanol–water partition coefficient (Wildman–Crippen LogP) is 4.47. The molecule has 1 atom stereocenters. The van der Waals surface area contributed by atoms with Gasteiger partial charge in [0.05, 0.1) is 23.8 Å². The molecule has 4 rings (SSSR count). The van der Waals surface area contributed by atoms with E-state index in [9.17, 15) is 4.79 Å². The lowest BCUT2D eigenvalue weighted by Crippen LogP contribution is -2.31. The lowest BCUT2D eigenvalue weighted by atomic mass is 9.94. The summed E-state index contributed by atoms with van der Waals surface area (Å²) in [6.07, 6.45) is 0.866. The van der Waals surface area contributed by atoms with Crippen molar-refractivity contribution in [3.05, 3.63) is 63.3 Å². The van der Waals surface area contributed by atoms with Crippen LogP contribution in [0.25, 0.3) is 0 Å². The molecule has 3 aromatic rings. The van der Waals surface area contributed by atoms with E-state index in [1.54, 1.807) is 11.8 Å². The van der Waals surface area contributed by atoms with Gasteiger partial charge in [-0.2, -0.15) is 4.68 Å². The van der Waals surface area contributed by atoms with Crippen molar-refractivity contribution in [1.29, 1.82) is 0 Å². The fraction of sp³-hybridized carbons (Fsp3) is 0.304. The number of amides is 1. The molecule has 2 N–H and O–H groups in total. The molecule has 1 aromatic heterocycles. The van der Waals surface area contributed by atoms with Gasteiger partial charge in [-0.15, -0.1) is 0 Å². The molecule has 0 aliphatic carbocycles. The maximum Gasteiger partial charge on any atom is 0.255 e. The molecule has 0 saturated heterocycles. The second-order valence-corrected chi connectivity index (χ2v) is 8.57. The third-order valence-electron chi connectivity index (χ3n) is 5.25. The van der Waals surface area contributed by atoms with E-state index in [-0.39, 0.29) is 5.91 Å². The fourth-order valence-electron chi connectivity index (χ4n) is 3.78. The fourth-order valence-corrected chi connectivity index (χ4v) is 4.35. The molecule has 1 aliphatic rings. The Hall–Kier alpha value is -3.40. The van der Waals surface area contributed by atoms with Crippen LogP contribution in [-0.2, 0) is 4.79 Å². The summed E-state index contributed by atoms with van der Waals surface area (Å²) in [5.41, 5.74) is 3.69. The van der Waals surface area contributed by atoms with Gasteiger partial charge in [0.25, 0.3) is 5.91 Å². The molecule has 2 aromatic carbocycles. The largest absolute Gasteiger partial charge is 0.493 e. The number of tetrazole rings is 1. The number of carbonyl (C=O) groups is 1. The Bertz CT molecular complexity index is 1220. The van der Waals surface area contributed by atoms with Crippen LogP contribution in [0.15, 0.2) is 52.1 Å². The number of benzene rings is 2. The number of allylic oxidation sites excluding steroid dienone is 1. The Morgan fingerprint density at radius 1 is 1.27 bits per heavy atom. The molecular weight excluding hydrogens is 488 g/mol. The number of hydrogen-bond donors (Lipinski definition) is 2. The Kier molecular flexibility index (Phi) is 6.64. The number of nitrogens with zero attached hydrogens (tertiary/aromatic N) is 4. The molecule has 0 bridgehead atoms. The van der Waals surface area contributed by atoms with Crippen LogP contribution in [-0.4, -0.2) is 39.8 Å². The van der Waals surface area contributed by atoms with Crippen molar-refractivity contribution in [3.8, 4) is 11.5 Å². The first-order valence-corrected chi connectivity index (χ1v) is 11.4. The van der Waals surface area contributed by atoms with Gasteiger partial charge in [0.1, 0.15) is 6.04 Å². The van der Waals surface area contributed by atoms with E-state index in [2.05, 4.69) is 42.1 Å². The summed E-state index contributed by atoms with van der Waals surface area (Å²) in [5, 5.41) is 18.1. The average Bonchev–Trinajstić information content (AvgIpc) is 3.24. The Labute approximate surface area is 200 Å². The van der Waals surface area contributed by atoms with Gasteiger partial charge in [-0.25, -0.2) is 0 Å². The van der Waals surface area contributed by atoms with Crippen LogP contribution in [0.1, 0.15) is 37.4 Å². The average molecular weight is 513 g/mol. The highest BCUT2D eigenvalue weighted by Gasteiger charge is 2.35. The van der Waals surface area contributed by atoms with Crippen LogP contribution in [0.4, 0.5) is 11.6 Å². The van der Waals surface area contributed by atoms with Crippen molar-refractivity contribution in [2.75, 3.05) is 24.4 Å². The topological polar surface area (TPSA) is 103 Å². The molecule has 0 fully saturated rings.